The van der Waals surface area contributed by atoms with Crippen molar-refractivity contribution < 1.29 is 23.8 Å². The van der Waals surface area contributed by atoms with E-state index in [9.17, 15) is 14.7 Å². The number of ether oxygens (including phenoxy) is 1. The van der Waals surface area contributed by atoms with Crippen molar-refractivity contribution in [1.82, 2.24) is 0 Å². The number of fused-ring (bicyclic) bond motifs is 5. The number of carbonyl (C=O) groups is 2. The highest BCUT2D eigenvalue weighted by Crippen LogP contribution is 2.66. The molecule has 0 aromatic carbocycles. The fourth-order valence-corrected chi connectivity index (χ4v) is 7.13. The molecule has 4 nitrogen and oxygen atoms in total. The zero-order chi connectivity index (χ0) is 20.3. The zero-order valence-corrected chi connectivity index (χ0v) is 17.0. The van der Waals surface area contributed by atoms with Crippen LogP contribution in [0.4, 0.5) is 4.39 Å². The number of ketones is 1. The molecule has 4 aliphatic carbocycles. The number of aliphatic hydroxyl groups is 1. The maximum Gasteiger partial charge on any atom is 0.302 e. The van der Waals surface area contributed by atoms with E-state index >= 15 is 4.39 Å². The lowest BCUT2D eigenvalue weighted by atomic mass is 9.46. The Morgan fingerprint density at radius 1 is 1.36 bits per heavy atom. The molecule has 0 amide bonds. The van der Waals surface area contributed by atoms with Gasteiger partial charge in [0.25, 0.3) is 0 Å². The third-order valence-corrected chi connectivity index (χ3v) is 8.34. The van der Waals surface area contributed by atoms with Gasteiger partial charge >= 0.3 is 5.97 Å². The van der Waals surface area contributed by atoms with E-state index in [0.717, 1.165) is 12.8 Å². The van der Waals surface area contributed by atoms with Gasteiger partial charge in [-0.2, -0.15) is 0 Å². The van der Waals surface area contributed by atoms with Crippen LogP contribution in [0.15, 0.2) is 23.3 Å². The van der Waals surface area contributed by atoms with E-state index in [1.165, 1.54) is 18.6 Å². The fourth-order valence-electron chi connectivity index (χ4n) is 7.13. The molecule has 0 bridgehead atoms. The Hall–Kier alpha value is -1.49. The minimum atomic E-state index is -1.10. The molecule has 0 spiro atoms. The predicted octanol–water partition coefficient (Wildman–Crippen LogP) is 3.93. The van der Waals surface area contributed by atoms with E-state index in [4.69, 9.17) is 4.74 Å². The topological polar surface area (TPSA) is 63.6 Å². The summed E-state index contributed by atoms with van der Waals surface area (Å²) in [5.41, 5.74) is 1.25. The largest absolute Gasteiger partial charge is 0.462 e. The van der Waals surface area contributed by atoms with Crippen molar-refractivity contribution >= 4 is 11.8 Å². The van der Waals surface area contributed by atoms with Gasteiger partial charge in [-0.25, -0.2) is 4.39 Å². The van der Waals surface area contributed by atoms with E-state index in [0.29, 0.717) is 37.2 Å². The molecule has 4 aliphatic rings. The Balaban J connectivity index is 1.66. The Labute approximate surface area is 166 Å². The summed E-state index contributed by atoms with van der Waals surface area (Å²) in [6, 6.07) is 0. The molecule has 7 atom stereocenters. The van der Waals surface area contributed by atoms with Crippen molar-refractivity contribution in [2.75, 3.05) is 6.61 Å². The molecular weight excluding hydrogens is 359 g/mol. The molecule has 3 saturated carbocycles. The van der Waals surface area contributed by atoms with Gasteiger partial charge < -0.3 is 9.84 Å². The maximum absolute atomic E-state index is 15.2. The number of aliphatic hydroxyl groups excluding tert-OH is 1. The minimum Gasteiger partial charge on any atom is -0.462 e. The molecule has 0 aromatic rings. The second-order valence-electron chi connectivity index (χ2n) is 9.74. The number of carbonyl (C=O) groups excluding carboxylic acids is 2. The Morgan fingerprint density at radius 2 is 2.11 bits per heavy atom. The average molecular weight is 390 g/mol. The third-order valence-electron chi connectivity index (χ3n) is 8.34. The molecular formula is C23H31FO4. The monoisotopic (exact) mass is 390 g/mol. The highest BCUT2D eigenvalue weighted by molar-refractivity contribution is 5.91. The highest BCUT2D eigenvalue weighted by atomic mass is 19.1. The predicted molar refractivity (Wildman–Crippen MR) is 103 cm³/mol. The molecule has 0 heterocycles. The van der Waals surface area contributed by atoms with Gasteiger partial charge in [0, 0.05) is 13.3 Å². The van der Waals surface area contributed by atoms with Crippen LogP contribution in [0.5, 0.6) is 0 Å². The summed E-state index contributed by atoms with van der Waals surface area (Å²) in [4.78, 5) is 23.0. The van der Waals surface area contributed by atoms with Crippen LogP contribution >= 0.6 is 0 Å². The summed E-state index contributed by atoms with van der Waals surface area (Å²) in [6.07, 6.45) is 5.93. The van der Waals surface area contributed by atoms with E-state index in [1.807, 2.05) is 6.08 Å². The van der Waals surface area contributed by atoms with Gasteiger partial charge in [0.2, 0.25) is 0 Å². The molecule has 3 fully saturated rings. The molecule has 0 aliphatic heterocycles. The van der Waals surface area contributed by atoms with Gasteiger partial charge in [-0.3, -0.25) is 9.59 Å². The van der Waals surface area contributed by atoms with E-state index in [2.05, 4.69) is 13.8 Å². The van der Waals surface area contributed by atoms with Crippen molar-refractivity contribution in [2.24, 2.45) is 28.6 Å². The Morgan fingerprint density at radius 3 is 2.82 bits per heavy atom. The van der Waals surface area contributed by atoms with Crippen molar-refractivity contribution in [2.45, 2.75) is 71.6 Å². The van der Waals surface area contributed by atoms with Gasteiger partial charge in [0.15, 0.2) is 5.78 Å². The van der Waals surface area contributed by atoms with Crippen LogP contribution < -0.4 is 0 Å². The first kappa shape index (κ1) is 19.8. The molecule has 5 heteroatoms. The quantitative estimate of drug-likeness (QED) is 0.573. The Kier molecular flexibility index (Phi) is 4.80. The van der Waals surface area contributed by atoms with Crippen LogP contribution in [0.3, 0.4) is 0 Å². The average Bonchev–Trinajstić information content (AvgIpc) is 2.92. The zero-order valence-electron chi connectivity index (χ0n) is 17.0. The van der Waals surface area contributed by atoms with E-state index in [1.54, 1.807) is 0 Å². The standard InChI is InChI=1S/C23H31FO4/c1-13(25)28-9-7-14-4-5-17-16-11-19(24)18-10-15(26)6-8-22(18,2)21(16)20(27)12-23(14,17)3/h7,10,16-17,19-21,27H,4-6,8-9,11-12H2,1-3H3/t16-,17-,19-,20-,21+,22-,23+/m0/s1. The summed E-state index contributed by atoms with van der Waals surface area (Å²) in [6.45, 7) is 5.91. The van der Waals surface area contributed by atoms with Gasteiger partial charge in [-0.15, -0.1) is 0 Å². The second-order valence-corrected chi connectivity index (χ2v) is 9.74. The summed E-state index contributed by atoms with van der Waals surface area (Å²) < 4.78 is 20.3. The Bertz CT molecular complexity index is 756. The number of hydrogen-bond acceptors (Lipinski definition) is 4. The summed E-state index contributed by atoms with van der Waals surface area (Å²) in [5.74, 6) is 0.148. The smallest absolute Gasteiger partial charge is 0.302 e. The van der Waals surface area contributed by atoms with Gasteiger partial charge in [0.05, 0.1) is 6.10 Å². The number of rotatable bonds is 2. The lowest BCUT2D eigenvalue weighted by molar-refractivity contribution is -0.139. The SMILES string of the molecule is CC(=O)OCC=C1CC[C@H]2[C@@H]3C[C@H](F)C4=CC(=O)CC[C@]4(C)[C@H]3[C@@H](O)C[C@]12C. The van der Waals surface area contributed by atoms with E-state index < -0.39 is 17.7 Å². The first-order valence-electron chi connectivity index (χ1n) is 10.6. The first-order valence-corrected chi connectivity index (χ1v) is 10.6. The normalized spacial score (nSPS) is 46.5. The van der Waals surface area contributed by atoms with Gasteiger partial charge in [-0.05, 0) is 78.4 Å². The number of halogens is 1. The minimum absolute atomic E-state index is 0.00439. The number of esters is 1. The fraction of sp³-hybridized carbons (Fsp3) is 0.739. The molecule has 0 saturated heterocycles. The molecule has 1 N–H and O–H groups in total. The lowest BCUT2D eigenvalue weighted by Crippen LogP contribution is -2.58. The highest BCUT2D eigenvalue weighted by Gasteiger charge is 2.62. The summed E-state index contributed by atoms with van der Waals surface area (Å²) in [7, 11) is 0. The van der Waals surface area contributed by atoms with Crippen molar-refractivity contribution in [3.8, 4) is 0 Å². The molecule has 154 valence electrons. The maximum atomic E-state index is 15.2. The molecule has 0 unspecified atom stereocenters. The van der Waals surface area contributed by atoms with Crippen LogP contribution in [0, 0.1) is 28.6 Å². The van der Waals surface area contributed by atoms with E-state index in [-0.39, 0.29) is 35.6 Å². The van der Waals surface area contributed by atoms with Crippen molar-refractivity contribution in [1.29, 1.82) is 0 Å². The van der Waals surface area contributed by atoms with Crippen LogP contribution in [0.2, 0.25) is 0 Å². The van der Waals surface area contributed by atoms with Crippen molar-refractivity contribution in [3.63, 3.8) is 0 Å². The van der Waals surface area contributed by atoms with Gasteiger partial charge in [-0.1, -0.05) is 19.4 Å². The number of allylic oxidation sites excluding steroid dienone is 2. The van der Waals surface area contributed by atoms with Gasteiger partial charge in [0.1, 0.15) is 12.8 Å². The molecule has 0 radical (unpaired) electrons. The summed E-state index contributed by atoms with van der Waals surface area (Å²) in [5, 5.41) is 11.3. The van der Waals surface area contributed by atoms with Crippen LogP contribution in [-0.4, -0.2) is 35.7 Å². The molecule has 4 rings (SSSR count). The van der Waals surface area contributed by atoms with Crippen LogP contribution in [0.25, 0.3) is 0 Å². The first-order chi connectivity index (χ1) is 13.2. The second kappa shape index (κ2) is 6.79. The van der Waals surface area contributed by atoms with Crippen LogP contribution in [-0.2, 0) is 14.3 Å². The number of alkyl halides is 1. The summed E-state index contributed by atoms with van der Waals surface area (Å²) >= 11 is 0. The number of hydrogen-bond donors (Lipinski definition) is 1. The molecule has 28 heavy (non-hydrogen) atoms. The van der Waals surface area contributed by atoms with Crippen molar-refractivity contribution in [3.05, 3.63) is 23.3 Å². The third kappa shape index (κ3) is 2.89. The molecule has 0 aromatic heterocycles. The van der Waals surface area contributed by atoms with Crippen LogP contribution in [0.1, 0.15) is 59.3 Å². The lowest BCUT2D eigenvalue weighted by Gasteiger charge is -2.59.